The van der Waals surface area contributed by atoms with Crippen LogP contribution in [0.4, 0.5) is 0 Å². The summed E-state index contributed by atoms with van der Waals surface area (Å²) in [5, 5.41) is 17.9. The summed E-state index contributed by atoms with van der Waals surface area (Å²) in [5.74, 6) is 0.0830. The molecule has 2 aromatic carbocycles. The zero-order chi connectivity index (χ0) is 19.1. The molecular weight excluding hydrogens is 354 g/mol. The van der Waals surface area contributed by atoms with E-state index in [0.29, 0.717) is 6.61 Å². The van der Waals surface area contributed by atoms with Crippen LogP contribution < -0.4 is 0 Å². The van der Waals surface area contributed by atoms with E-state index in [0.717, 1.165) is 41.2 Å². The van der Waals surface area contributed by atoms with E-state index in [4.69, 9.17) is 10.1 Å². The van der Waals surface area contributed by atoms with Crippen LogP contribution in [0.5, 0.6) is 0 Å². The molecule has 0 aliphatic carbocycles. The summed E-state index contributed by atoms with van der Waals surface area (Å²) >= 11 is 1.61. The molecule has 0 radical (unpaired) electrons. The van der Waals surface area contributed by atoms with Gasteiger partial charge in [0.05, 0.1) is 12.5 Å². The Kier molecular flexibility index (Phi) is 6.71. The standard InChI is InChI=1S/C22H25N3OS/c1-3-5-17-8-10-18(11-9-17)13-20(14-26-15-23)22-25-24-21(27-22)19-7-4-6-16(2)12-19/h4,6-12,15,20,23H,3,5,13-14H2,1-2H3. The van der Waals surface area contributed by atoms with E-state index in [-0.39, 0.29) is 5.92 Å². The number of rotatable bonds is 9. The molecule has 0 spiro atoms. The van der Waals surface area contributed by atoms with Crippen LogP contribution in [-0.2, 0) is 17.6 Å². The van der Waals surface area contributed by atoms with Crippen LogP contribution in [0.3, 0.4) is 0 Å². The van der Waals surface area contributed by atoms with Crippen molar-refractivity contribution >= 4 is 17.7 Å². The maximum atomic E-state index is 7.20. The first-order valence-corrected chi connectivity index (χ1v) is 10.1. The Balaban J connectivity index is 1.79. The number of hydrogen-bond donors (Lipinski definition) is 1. The zero-order valence-electron chi connectivity index (χ0n) is 15.8. The molecule has 3 rings (SSSR count). The smallest absolute Gasteiger partial charge is 0.166 e. The highest BCUT2D eigenvalue weighted by Gasteiger charge is 2.19. The monoisotopic (exact) mass is 379 g/mol. The molecule has 1 unspecified atom stereocenters. The Labute approximate surface area is 164 Å². The lowest BCUT2D eigenvalue weighted by Gasteiger charge is -2.13. The summed E-state index contributed by atoms with van der Waals surface area (Å²) in [6, 6.07) is 17.1. The molecule has 27 heavy (non-hydrogen) atoms. The highest BCUT2D eigenvalue weighted by atomic mass is 32.1. The molecule has 0 saturated carbocycles. The average Bonchev–Trinajstić information content (AvgIpc) is 3.17. The largest absolute Gasteiger partial charge is 0.483 e. The third-order valence-corrected chi connectivity index (χ3v) is 5.61. The second kappa shape index (κ2) is 9.42. The Morgan fingerprint density at radius 3 is 2.59 bits per heavy atom. The zero-order valence-corrected chi connectivity index (χ0v) is 16.6. The number of benzene rings is 2. The average molecular weight is 380 g/mol. The molecule has 0 aliphatic heterocycles. The number of hydrogen-bond acceptors (Lipinski definition) is 5. The molecule has 140 valence electrons. The van der Waals surface area contributed by atoms with Gasteiger partial charge in [-0.3, -0.25) is 5.41 Å². The molecule has 0 fully saturated rings. The van der Waals surface area contributed by atoms with Crippen LogP contribution in [0.25, 0.3) is 10.6 Å². The summed E-state index contributed by atoms with van der Waals surface area (Å²) in [6.45, 7) is 4.71. The van der Waals surface area contributed by atoms with Crippen molar-refractivity contribution in [2.24, 2.45) is 0 Å². The summed E-state index contributed by atoms with van der Waals surface area (Å²) in [7, 11) is 0. The van der Waals surface area contributed by atoms with Gasteiger partial charge in [0.2, 0.25) is 0 Å². The summed E-state index contributed by atoms with van der Waals surface area (Å²) in [5.41, 5.74) is 4.92. The van der Waals surface area contributed by atoms with Gasteiger partial charge in [0.15, 0.2) is 6.40 Å². The van der Waals surface area contributed by atoms with Gasteiger partial charge in [0.25, 0.3) is 0 Å². The highest BCUT2D eigenvalue weighted by molar-refractivity contribution is 7.14. The fraction of sp³-hybridized carbons (Fsp3) is 0.318. The first kappa shape index (κ1) is 19.2. The number of aromatic nitrogens is 2. The minimum Gasteiger partial charge on any atom is -0.483 e. The fourth-order valence-electron chi connectivity index (χ4n) is 3.09. The van der Waals surface area contributed by atoms with Gasteiger partial charge in [-0.25, -0.2) is 0 Å². The predicted molar refractivity (Wildman–Crippen MR) is 112 cm³/mol. The highest BCUT2D eigenvalue weighted by Crippen LogP contribution is 2.30. The third-order valence-electron chi connectivity index (χ3n) is 4.48. The van der Waals surface area contributed by atoms with Gasteiger partial charge in [-0.1, -0.05) is 72.7 Å². The van der Waals surface area contributed by atoms with Crippen molar-refractivity contribution in [2.45, 2.75) is 39.0 Å². The van der Waals surface area contributed by atoms with E-state index < -0.39 is 0 Å². The number of nitrogens with zero attached hydrogens (tertiary/aromatic N) is 2. The lowest BCUT2D eigenvalue weighted by atomic mass is 9.99. The molecule has 0 bridgehead atoms. The second-order valence-electron chi connectivity index (χ2n) is 6.73. The molecule has 0 amide bonds. The molecule has 5 heteroatoms. The normalized spacial score (nSPS) is 11.9. The Bertz CT molecular complexity index is 873. The van der Waals surface area contributed by atoms with E-state index in [1.54, 1.807) is 11.3 Å². The van der Waals surface area contributed by atoms with Gasteiger partial charge in [0, 0.05) is 5.56 Å². The third kappa shape index (κ3) is 5.23. The number of nitrogens with one attached hydrogen (secondary N) is 1. The quantitative estimate of drug-likeness (QED) is 0.399. The first-order valence-electron chi connectivity index (χ1n) is 9.28. The van der Waals surface area contributed by atoms with Crippen molar-refractivity contribution in [1.82, 2.24) is 10.2 Å². The van der Waals surface area contributed by atoms with E-state index in [1.807, 2.05) is 6.07 Å². The first-order chi connectivity index (χ1) is 13.2. The van der Waals surface area contributed by atoms with Gasteiger partial charge in [0.1, 0.15) is 10.0 Å². The molecule has 1 atom stereocenters. The van der Waals surface area contributed by atoms with Gasteiger partial charge in [-0.15, -0.1) is 10.2 Å². The van der Waals surface area contributed by atoms with Crippen LogP contribution in [0, 0.1) is 12.3 Å². The molecule has 3 aromatic rings. The fourth-order valence-corrected chi connectivity index (χ4v) is 4.02. The minimum atomic E-state index is 0.0830. The lowest BCUT2D eigenvalue weighted by molar-refractivity contribution is 0.285. The van der Waals surface area contributed by atoms with Crippen molar-refractivity contribution in [3.63, 3.8) is 0 Å². The number of ether oxygens (including phenoxy) is 1. The summed E-state index contributed by atoms with van der Waals surface area (Å²) in [4.78, 5) is 0. The molecule has 1 aromatic heterocycles. The Morgan fingerprint density at radius 2 is 1.89 bits per heavy atom. The molecule has 1 heterocycles. The lowest BCUT2D eigenvalue weighted by Crippen LogP contribution is -2.10. The van der Waals surface area contributed by atoms with Crippen molar-refractivity contribution in [3.05, 3.63) is 70.2 Å². The van der Waals surface area contributed by atoms with Crippen LogP contribution in [0.15, 0.2) is 48.5 Å². The Hall–Kier alpha value is -2.53. The van der Waals surface area contributed by atoms with Crippen molar-refractivity contribution in [1.29, 1.82) is 5.41 Å². The van der Waals surface area contributed by atoms with E-state index >= 15 is 0 Å². The molecule has 4 nitrogen and oxygen atoms in total. The maximum absolute atomic E-state index is 7.20. The summed E-state index contributed by atoms with van der Waals surface area (Å²) in [6.07, 6.45) is 4.08. The van der Waals surface area contributed by atoms with Crippen LogP contribution in [0.2, 0.25) is 0 Å². The van der Waals surface area contributed by atoms with E-state index in [1.165, 1.54) is 16.7 Å². The van der Waals surface area contributed by atoms with Crippen molar-refractivity contribution in [2.75, 3.05) is 6.61 Å². The van der Waals surface area contributed by atoms with E-state index in [2.05, 4.69) is 66.5 Å². The Morgan fingerprint density at radius 1 is 1.11 bits per heavy atom. The van der Waals surface area contributed by atoms with Crippen molar-refractivity contribution in [3.8, 4) is 10.6 Å². The topological polar surface area (TPSA) is 58.9 Å². The molecule has 0 saturated heterocycles. The van der Waals surface area contributed by atoms with Crippen LogP contribution >= 0.6 is 11.3 Å². The van der Waals surface area contributed by atoms with Crippen LogP contribution in [-0.4, -0.2) is 23.2 Å². The number of aryl methyl sites for hydroxylation is 2. The minimum absolute atomic E-state index is 0.0830. The van der Waals surface area contributed by atoms with Gasteiger partial charge in [-0.05, 0) is 37.0 Å². The van der Waals surface area contributed by atoms with Crippen LogP contribution in [0.1, 0.15) is 41.0 Å². The molecular formula is C22H25N3OS. The molecule has 1 N–H and O–H groups in total. The second-order valence-corrected chi connectivity index (χ2v) is 7.74. The SMILES string of the molecule is CCCc1ccc(CC(COC=N)c2nnc(-c3cccc(C)c3)s2)cc1. The molecule has 0 aliphatic rings. The van der Waals surface area contributed by atoms with Gasteiger partial charge < -0.3 is 4.74 Å². The maximum Gasteiger partial charge on any atom is 0.166 e. The van der Waals surface area contributed by atoms with Crippen molar-refractivity contribution < 1.29 is 4.74 Å². The van der Waals surface area contributed by atoms with Gasteiger partial charge >= 0.3 is 0 Å². The van der Waals surface area contributed by atoms with Gasteiger partial charge in [-0.2, -0.15) is 0 Å². The summed E-state index contributed by atoms with van der Waals surface area (Å²) < 4.78 is 5.30. The predicted octanol–water partition coefficient (Wildman–Crippen LogP) is 5.42. The van der Waals surface area contributed by atoms with E-state index in [9.17, 15) is 0 Å².